The van der Waals surface area contributed by atoms with Crippen molar-refractivity contribution >= 4 is 34.0 Å². The first-order valence-corrected chi connectivity index (χ1v) is 9.52. The molecule has 1 N–H and O–H groups in total. The third-order valence-corrected chi connectivity index (χ3v) is 4.58. The van der Waals surface area contributed by atoms with Gasteiger partial charge in [0.25, 0.3) is 0 Å². The lowest BCUT2D eigenvalue weighted by Gasteiger charge is -2.15. The van der Waals surface area contributed by atoms with Crippen LogP contribution in [0.15, 0.2) is 48.5 Å². The van der Waals surface area contributed by atoms with Gasteiger partial charge in [0, 0.05) is 17.5 Å². The summed E-state index contributed by atoms with van der Waals surface area (Å²) >= 11 is 0. The van der Waals surface area contributed by atoms with E-state index in [2.05, 4.69) is 10.3 Å². The van der Waals surface area contributed by atoms with Gasteiger partial charge in [-0.05, 0) is 37.6 Å². The third-order valence-electron chi connectivity index (χ3n) is 4.58. The summed E-state index contributed by atoms with van der Waals surface area (Å²) in [6.45, 7) is 4.04. The van der Waals surface area contributed by atoms with Crippen LogP contribution in [0.5, 0.6) is 5.75 Å². The van der Waals surface area contributed by atoms with Crippen LogP contribution in [-0.4, -0.2) is 30.5 Å². The molecule has 29 heavy (non-hydrogen) atoms. The highest BCUT2D eigenvalue weighted by molar-refractivity contribution is 6.03. The van der Waals surface area contributed by atoms with Crippen molar-refractivity contribution in [1.29, 1.82) is 0 Å². The van der Waals surface area contributed by atoms with E-state index in [1.807, 2.05) is 43.3 Å². The Morgan fingerprint density at radius 2 is 1.83 bits per heavy atom. The van der Waals surface area contributed by atoms with Crippen molar-refractivity contribution in [2.45, 2.75) is 26.7 Å². The molecule has 6 nitrogen and oxygen atoms in total. The molecule has 0 amide bonds. The molecule has 0 spiro atoms. The molecule has 150 valence electrons. The summed E-state index contributed by atoms with van der Waals surface area (Å²) < 4.78 is 10.4. The lowest BCUT2D eigenvalue weighted by molar-refractivity contribution is -0.143. The average Bonchev–Trinajstić information content (AvgIpc) is 2.73. The maximum absolute atomic E-state index is 12.7. The molecule has 3 aromatic rings. The third kappa shape index (κ3) is 4.71. The molecular weight excluding hydrogens is 368 g/mol. The van der Waals surface area contributed by atoms with Crippen LogP contribution in [0, 0.1) is 6.92 Å². The largest absolute Gasteiger partial charge is 0.494 e. The van der Waals surface area contributed by atoms with Crippen LogP contribution in [0.3, 0.4) is 0 Å². The summed E-state index contributed by atoms with van der Waals surface area (Å²) in [5.41, 5.74) is 3.64. The number of fused-ring (bicyclic) bond motifs is 1. The van der Waals surface area contributed by atoms with Gasteiger partial charge < -0.3 is 14.8 Å². The Morgan fingerprint density at radius 1 is 1.03 bits per heavy atom. The number of pyridine rings is 1. The van der Waals surface area contributed by atoms with E-state index in [1.54, 1.807) is 26.2 Å². The molecule has 0 atom stereocenters. The molecule has 1 aromatic heterocycles. The first-order chi connectivity index (χ1) is 14.0. The molecule has 0 aliphatic carbocycles. The summed E-state index contributed by atoms with van der Waals surface area (Å²) in [6, 6.07) is 15.2. The molecule has 0 saturated carbocycles. The first kappa shape index (κ1) is 20.3. The Hall–Kier alpha value is -3.41. The van der Waals surface area contributed by atoms with Crippen molar-refractivity contribution in [1.82, 2.24) is 4.98 Å². The van der Waals surface area contributed by atoms with E-state index in [1.165, 1.54) is 0 Å². The van der Waals surface area contributed by atoms with Crippen molar-refractivity contribution in [2.75, 3.05) is 19.0 Å². The van der Waals surface area contributed by atoms with Gasteiger partial charge >= 0.3 is 5.97 Å². The highest BCUT2D eigenvalue weighted by Gasteiger charge is 2.16. The maximum atomic E-state index is 12.7. The SMILES string of the molecule is CCOC(=O)CCC(=O)c1cc(Nc2ccccc2C)c2cccc(OC)c2n1. The first-order valence-electron chi connectivity index (χ1n) is 9.52. The fraction of sp³-hybridized carbons (Fsp3) is 0.261. The van der Waals surface area contributed by atoms with Gasteiger partial charge in [-0.15, -0.1) is 0 Å². The standard InChI is InChI=1S/C23H24N2O4/c1-4-29-22(27)13-12-20(26)19-14-18(24-17-10-6-5-8-15(17)2)16-9-7-11-21(28-3)23(16)25-19/h5-11,14H,4,12-13H2,1-3H3,(H,24,25). The van der Waals surface area contributed by atoms with Crippen molar-refractivity contribution in [2.24, 2.45) is 0 Å². The lowest BCUT2D eigenvalue weighted by atomic mass is 10.1. The highest BCUT2D eigenvalue weighted by Crippen LogP contribution is 2.32. The number of hydrogen-bond donors (Lipinski definition) is 1. The van der Waals surface area contributed by atoms with Gasteiger partial charge in [-0.25, -0.2) is 4.98 Å². The van der Waals surface area contributed by atoms with Crippen LogP contribution in [0.4, 0.5) is 11.4 Å². The van der Waals surface area contributed by atoms with E-state index < -0.39 is 5.97 Å². The zero-order valence-electron chi connectivity index (χ0n) is 16.8. The van der Waals surface area contributed by atoms with Gasteiger partial charge in [0.05, 0.1) is 25.8 Å². The predicted molar refractivity (Wildman–Crippen MR) is 113 cm³/mol. The van der Waals surface area contributed by atoms with Gasteiger partial charge in [-0.1, -0.05) is 30.3 Å². The number of aryl methyl sites for hydroxylation is 1. The average molecular weight is 392 g/mol. The van der Waals surface area contributed by atoms with Gasteiger partial charge in [0.15, 0.2) is 5.78 Å². The minimum Gasteiger partial charge on any atom is -0.494 e. The fourth-order valence-corrected chi connectivity index (χ4v) is 3.07. The number of rotatable bonds is 8. The number of Topliss-reactive ketones (excluding diaryl/α,β-unsaturated/α-hetero) is 1. The Balaban J connectivity index is 2.01. The molecule has 0 aliphatic heterocycles. The molecular formula is C23H24N2O4. The van der Waals surface area contributed by atoms with E-state index in [4.69, 9.17) is 9.47 Å². The van der Waals surface area contributed by atoms with Gasteiger partial charge in [0.1, 0.15) is 17.0 Å². The van der Waals surface area contributed by atoms with Gasteiger partial charge in [0.2, 0.25) is 0 Å². The van der Waals surface area contributed by atoms with Crippen molar-refractivity contribution in [3.05, 3.63) is 59.8 Å². The van der Waals surface area contributed by atoms with Crippen LogP contribution in [0.25, 0.3) is 10.9 Å². The van der Waals surface area contributed by atoms with Crippen LogP contribution in [0.2, 0.25) is 0 Å². The maximum Gasteiger partial charge on any atom is 0.306 e. The molecule has 0 unspecified atom stereocenters. The number of hydrogen-bond acceptors (Lipinski definition) is 6. The Bertz CT molecular complexity index is 1050. The topological polar surface area (TPSA) is 77.5 Å². The van der Waals surface area contributed by atoms with E-state index in [9.17, 15) is 9.59 Å². The number of aromatic nitrogens is 1. The number of carbonyl (C=O) groups excluding carboxylic acids is 2. The molecule has 2 aromatic carbocycles. The molecule has 1 heterocycles. The van der Waals surface area contributed by atoms with E-state index in [0.29, 0.717) is 17.9 Å². The van der Waals surface area contributed by atoms with Crippen LogP contribution in [-0.2, 0) is 9.53 Å². The molecule has 0 radical (unpaired) electrons. The number of benzene rings is 2. The molecule has 6 heteroatoms. The van der Waals surface area contributed by atoms with Gasteiger partial charge in [-0.2, -0.15) is 0 Å². The smallest absolute Gasteiger partial charge is 0.306 e. The molecule has 0 bridgehead atoms. The number of nitrogens with zero attached hydrogens (tertiary/aromatic N) is 1. The Morgan fingerprint density at radius 3 is 2.55 bits per heavy atom. The monoisotopic (exact) mass is 392 g/mol. The number of ketones is 1. The summed E-state index contributed by atoms with van der Waals surface area (Å²) in [6.07, 6.45) is 0.0646. The number of methoxy groups -OCH3 is 1. The minimum absolute atomic E-state index is 0.0267. The summed E-state index contributed by atoms with van der Waals surface area (Å²) in [5.74, 6) is -0.0356. The number of ether oxygens (including phenoxy) is 2. The van der Waals surface area contributed by atoms with E-state index >= 15 is 0 Å². The minimum atomic E-state index is -0.391. The zero-order valence-corrected chi connectivity index (χ0v) is 16.8. The van der Waals surface area contributed by atoms with Crippen LogP contribution in [0.1, 0.15) is 35.8 Å². The number of esters is 1. The summed E-state index contributed by atoms with van der Waals surface area (Å²) in [7, 11) is 1.57. The lowest BCUT2D eigenvalue weighted by Crippen LogP contribution is -2.10. The Labute approximate surface area is 169 Å². The fourth-order valence-electron chi connectivity index (χ4n) is 3.07. The molecule has 0 fully saturated rings. The summed E-state index contributed by atoms with van der Waals surface area (Å²) in [5, 5.41) is 4.25. The quantitative estimate of drug-likeness (QED) is 0.437. The molecule has 3 rings (SSSR count). The second kappa shape index (κ2) is 9.19. The van der Waals surface area contributed by atoms with Crippen LogP contribution < -0.4 is 10.1 Å². The van der Waals surface area contributed by atoms with Gasteiger partial charge in [-0.3, -0.25) is 9.59 Å². The highest BCUT2D eigenvalue weighted by atomic mass is 16.5. The number of para-hydroxylation sites is 2. The number of anilines is 2. The number of carbonyl (C=O) groups is 2. The summed E-state index contributed by atoms with van der Waals surface area (Å²) in [4.78, 5) is 28.9. The zero-order chi connectivity index (χ0) is 20.8. The van der Waals surface area contributed by atoms with Crippen molar-refractivity contribution < 1.29 is 19.1 Å². The second-order valence-corrected chi connectivity index (χ2v) is 6.58. The van der Waals surface area contributed by atoms with Crippen molar-refractivity contribution in [3.63, 3.8) is 0 Å². The molecule has 0 aliphatic rings. The Kier molecular flexibility index (Phi) is 6.44. The number of nitrogens with one attached hydrogen (secondary N) is 1. The normalized spacial score (nSPS) is 10.6. The molecule has 0 saturated heterocycles. The van der Waals surface area contributed by atoms with E-state index in [-0.39, 0.29) is 24.3 Å². The predicted octanol–water partition coefficient (Wildman–Crippen LogP) is 4.82. The van der Waals surface area contributed by atoms with E-state index in [0.717, 1.165) is 22.3 Å². The van der Waals surface area contributed by atoms with Crippen molar-refractivity contribution in [3.8, 4) is 5.75 Å². The van der Waals surface area contributed by atoms with Crippen LogP contribution >= 0.6 is 0 Å². The second-order valence-electron chi connectivity index (χ2n) is 6.58.